The van der Waals surface area contributed by atoms with E-state index in [1.807, 2.05) is 6.07 Å². The number of carbonyl (C=O) groups excluding carboxylic acids is 1. The highest BCUT2D eigenvalue weighted by atomic mass is 16.1. The molecule has 0 aliphatic rings. The Morgan fingerprint density at radius 3 is 2.33 bits per heavy atom. The lowest BCUT2D eigenvalue weighted by molar-refractivity contribution is -0.115. The molecule has 0 spiro atoms. The maximum atomic E-state index is 12.2. The van der Waals surface area contributed by atoms with Gasteiger partial charge in [-0.15, -0.1) is 0 Å². The largest absolute Gasteiger partial charge is 0.397 e. The average Bonchev–Trinajstić information content (AvgIpc) is 2.49. The van der Waals surface area contributed by atoms with Gasteiger partial charge in [0.1, 0.15) is 0 Å². The number of anilines is 2. The second-order valence-electron chi connectivity index (χ2n) is 4.97. The highest BCUT2D eigenvalue weighted by molar-refractivity contribution is 5.93. The molecule has 2 aromatic rings. The van der Waals surface area contributed by atoms with Crippen molar-refractivity contribution in [2.75, 3.05) is 11.1 Å². The fraction of sp³-hybridized carbons (Fsp3) is 0.294. The minimum Gasteiger partial charge on any atom is -0.397 e. The molecule has 3 N–H and O–H groups in total. The van der Waals surface area contributed by atoms with Gasteiger partial charge in [-0.25, -0.2) is 0 Å². The molecule has 0 saturated heterocycles. The monoisotopic (exact) mass is 283 g/mol. The second kappa shape index (κ2) is 6.88. The van der Waals surface area contributed by atoms with E-state index >= 15 is 0 Å². The first-order valence-corrected chi connectivity index (χ1v) is 7.25. The van der Waals surface area contributed by atoms with Crippen molar-refractivity contribution in [2.45, 2.75) is 33.1 Å². The van der Waals surface area contributed by atoms with E-state index in [1.165, 1.54) is 0 Å². The second-order valence-corrected chi connectivity index (χ2v) is 4.97. The van der Waals surface area contributed by atoms with E-state index in [1.54, 1.807) is 18.3 Å². The van der Waals surface area contributed by atoms with Crippen LogP contribution in [0.2, 0.25) is 0 Å². The summed E-state index contributed by atoms with van der Waals surface area (Å²) in [5.74, 6) is -0.0529. The lowest BCUT2D eigenvalue weighted by atomic mass is 10.0. The number of hydrogen-bond acceptors (Lipinski definition) is 3. The van der Waals surface area contributed by atoms with Gasteiger partial charge in [-0.3, -0.25) is 9.78 Å². The predicted molar refractivity (Wildman–Crippen MR) is 86.2 cm³/mol. The fourth-order valence-corrected chi connectivity index (χ4v) is 2.29. The van der Waals surface area contributed by atoms with Gasteiger partial charge < -0.3 is 11.1 Å². The van der Waals surface area contributed by atoms with Crippen LogP contribution in [0, 0.1) is 0 Å². The summed E-state index contributed by atoms with van der Waals surface area (Å²) in [5, 5.41) is 3.03. The number of amides is 1. The Morgan fingerprint density at radius 2 is 1.81 bits per heavy atom. The first kappa shape index (κ1) is 15.0. The summed E-state index contributed by atoms with van der Waals surface area (Å²) in [5.41, 5.74) is 10.2. The van der Waals surface area contributed by atoms with Crippen LogP contribution in [0.15, 0.2) is 36.5 Å². The molecule has 0 unspecified atom stereocenters. The third kappa shape index (κ3) is 3.81. The molecule has 0 saturated carbocycles. The van der Waals surface area contributed by atoms with Crippen molar-refractivity contribution in [3.05, 3.63) is 53.3 Å². The van der Waals surface area contributed by atoms with Crippen molar-refractivity contribution in [3.8, 4) is 0 Å². The van der Waals surface area contributed by atoms with Crippen LogP contribution in [0.1, 0.15) is 30.7 Å². The molecule has 0 atom stereocenters. The Bertz CT molecular complexity index is 598. The normalized spacial score (nSPS) is 10.4. The van der Waals surface area contributed by atoms with Crippen LogP contribution >= 0.6 is 0 Å². The van der Waals surface area contributed by atoms with Crippen molar-refractivity contribution in [1.29, 1.82) is 0 Å². The van der Waals surface area contributed by atoms with Gasteiger partial charge in [0.2, 0.25) is 5.91 Å². The lowest BCUT2D eigenvalue weighted by Crippen LogP contribution is -2.17. The molecule has 1 aromatic carbocycles. The van der Waals surface area contributed by atoms with E-state index < -0.39 is 0 Å². The minimum absolute atomic E-state index is 0.0529. The standard InChI is InChI=1S/C17H21N3O/c1-3-12-6-5-7-13(4-2)17(12)20-16(21)10-15-9-8-14(18)11-19-15/h5-9,11H,3-4,10,18H2,1-2H3,(H,20,21). The summed E-state index contributed by atoms with van der Waals surface area (Å²) in [7, 11) is 0. The number of para-hydroxylation sites is 1. The molecule has 1 aromatic heterocycles. The summed E-state index contributed by atoms with van der Waals surface area (Å²) in [6.45, 7) is 4.18. The Morgan fingerprint density at radius 1 is 1.14 bits per heavy atom. The number of aryl methyl sites for hydroxylation is 2. The summed E-state index contributed by atoms with van der Waals surface area (Å²) in [4.78, 5) is 16.4. The fourth-order valence-electron chi connectivity index (χ4n) is 2.29. The predicted octanol–water partition coefficient (Wildman–Crippen LogP) is 2.97. The van der Waals surface area contributed by atoms with Gasteiger partial charge >= 0.3 is 0 Å². The molecule has 21 heavy (non-hydrogen) atoms. The molecule has 0 bridgehead atoms. The molecule has 0 radical (unpaired) electrons. The van der Waals surface area contributed by atoms with Crippen LogP contribution < -0.4 is 11.1 Å². The van der Waals surface area contributed by atoms with Gasteiger partial charge in [-0.1, -0.05) is 32.0 Å². The zero-order valence-electron chi connectivity index (χ0n) is 12.5. The SMILES string of the molecule is CCc1cccc(CC)c1NC(=O)Cc1ccc(N)cn1. The number of rotatable bonds is 5. The van der Waals surface area contributed by atoms with Crippen molar-refractivity contribution < 1.29 is 4.79 Å². The highest BCUT2D eigenvalue weighted by Crippen LogP contribution is 2.22. The maximum absolute atomic E-state index is 12.2. The topological polar surface area (TPSA) is 68.0 Å². The van der Waals surface area contributed by atoms with Crippen LogP contribution in [0.4, 0.5) is 11.4 Å². The van der Waals surface area contributed by atoms with Gasteiger partial charge in [0.15, 0.2) is 0 Å². The van der Waals surface area contributed by atoms with E-state index in [2.05, 4.69) is 36.3 Å². The maximum Gasteiger partial charge on any atom is 0.230 e. The molecular weight excluding hydrogens is 262 g/mol. The van der Waals surface area contributed by atoms with E-state index in [4.69, 9.17) is 5.73 Å². The van der Waals surface area contributed by atoms with Crippen molar-refractivity contribution >= 4 is 17.3 Å². The van der Waals surface area contributed by atoms with Crippen LogP contribution in [-0.2, 0) is 24.1 Å². The van der Waals surface area contributed by atoms with Gasteiger partial charge in [0.05, 0.1) is 18.3 Å². The van der Waals surface area contributed by atoms with E-state index in [-0.39, 0.29) is 12.3 Å². The minimum atomic E-state index is -0.0529. The van der Waals surface area contributed by atoms with Crippen molar-refractivity contribution in [2.24, 2.45) is 0 Å². The number of nitrogens with one attached hydrogen (secondary N) is 1. The third-order valence-corrected chi connectivity index (χ3v) is 3.45. The molecular formula is C17H21N3O. The van der Waals surface area contributed by atoms with Gasteiger partial charge in [0, 0.05) is 11.4 Å². The highest BCUT2D eigenvalue weighted by Gasteiger charge is 2.11. The number of benzene rings is 1. The molecule has 0 aliphatic heterocycles. The van der Waals surface area contributed by atoms with E-state index in [0.717, 1.165) is 29.7 Å². The zero-order valence-corrected chi connectivity index (χ0v) is 12.5. The number of nitrogens with zero attached hydrogens (tertiary/aromatic N) is 1. The molecule has 110 valence electrons. The number of nitrogen functional groups attached to an aromatic ring is 1. The Hall–Kier alpha value is -2.36. The lowest BCUT2D eigenvalue weighted by Gasteiger charge is -2.14. The van der Waals surface area contributed by atoms with Gasteiger partial charge in [0.25, 0.3) is 0 Å². The van der Waals surface area contributed by atoms with Crippen LogP contribution in [0.3, 0.4) is 0 Å². The van der Waals surface area contributed by atoms with Crippen LogP contribution in [-0.4, -0.2) is 10.9 Å². The average molecular weight is 283 g/mol. The molecule has 1 heterocycles. The van der Waals surface area contributed by atoms with Crippen LogP contribution in [0.25, 0.3) is 0 Å². The molecule has 4 heteroatoms. The number of hydrogen-bond donors (Lipinski definition) is 2. The Kier molecular flexibility index (Phi) is 4.93. The molecule has 2 rings (SSSR count). The first-order valence-electron chi connectivity index (χ1n) is 7.25. The van der Waals surface area contributed by atoms with Crippen LogP contribution in [0.5, 0.6) is 0 Å². The number of carbonyl (C=O) groups is 1. The number of aromatic nitrogens is 1. The summed E-state index contributed by atoms with van der Waals surface area (Å²) >= 11 is 0. The van der Waals surface area contributed by atoms with E-state index in [9.17, 15) is 4.79 Å². The summed E-state index contributed by atoms with van der Waals surface area (Å²) < 4.78 is 0. The molecule has 0 fully saturated rings. The Labute approximate surface area is 125 Å². The summed E-state index contributed by atoms with van der Waals surface area (Å²) in [6, 6.07) is 9.68. The number of nitrogens with two attached hydrogens (primary N) is 1. The van der Waals surface area contributed by atoms with E-state index in [0.29, 0.717) is 11.4 Å². The zero-order chi connectivity index (χ0) is 15.2. The smallest absolute Gasteiger partial charge is 0.230 e. The van der Waals surface area contributed by atoms with Crippen molar-refractivity contribution in [3.63, 3.8) is 0 Å². The Balaban J connectivity index is 2.14. The molecule has 4 nitrogen and oxygen atoms in total. The molecule has 1 amide bonds. The first-order chi connectivity index (χ1) is 10.1. The van der Waals surface area contributed by atoms with Gasteiger partial charge in [-0.2, -0.15) is 0 Å². The molecule has 0 aliphatic carbocycles. The van der Waals surface area contributed by atoms with Crippen molar-refractivity contribution in [1.82, 2.24) is 4.98 Å². The third-order valence-electron chi connectivity index (χ3n) is 3.45. The summed E-state index contributed by atoms with van der Waals surface area (Å²) in [6.07, 6.45) is 3.61. The quantitative estimate of drug-likeness (QED) is 0.886. The number of pyridine rings is 1. The van der Waals surface area contributed by atoms with Gasteiger partial charge in [-0.05, 0) is 36.1 Å².